The first-order valence-electron chi connectivity index (χ1n) is 7.64. The Labute approximate surface area is 147 Å². The number of nitro benzene ring substituents is 1. The first-order valence-corrected chi connectivity index (χ1v) is 7.64. The molecule has 0 aliphatic carbocycles. The van der Waals surface area contributed by atoms with Crippen LogP contribution in [0.2, 0.25) is 0 Å². The summed E-state index contributed by atoms with van der Waals surface area (Å²) < 4.78 is 1.24. The van der Waals surface area contributed by atoms with Gasteiger partial charge >= 0.3 is 0 Å². The number of hydrogen-bond donors (Lipinski definition) is 1. The topological polar surface area (TPSA) is 107 Å². The van der Waals surface area contributed by atoms with Gasteiger partial charge < -0.3 is 5.32 Å². The molecule has 0 radical (unpaired) electrons. The van der Waals surface area contributed by atoms with Crippen molar-refractivity contribution in [3.63, 3.8) is 0 Å². The van der Waals surface area contributed by atoms with Crippen molar-refractivity contribution in [2.75, 3.05) is 5.32 Å². The Hall–Kier alpha value is -3.81. The average Bonchev–Trinajstić information content (AvgIpc) is 2.64. The zero-order valence-electron chi connectivity index (χ0n) is 13.7. The van der Waals surface area contributed by atoms with E-state index in [9.17, 15) is 19.7 Å². The van der Waals surface area contributed by atoms with Gasteiger partial charge in [-0.1, -0.05) is 18.2 Å². The quantitative estimate of drug-likeness (QED) is 0.575. The molecular weight excluding hydrogens is 336 g/mol. The Balaban J connectivity index is 1.77. The molecule has 0 spiro atoms. The minimum Gasteiger partial charge on any atom is -0.322 e. The third kappa shape index (κ3) is 3.64. The van der Waals surface area contributed by atoms with E-state index >= 15 is 0 Å². The van der Waals surface area contributed by atoms with Gasteiger partial charge in [-0.15, -0.1) is 0 Å². The number of nitrogens with one attached hydrogen (secondary N) is 1. The van der Waals surface area contributed by atoms with Crippen molar-refractivity contribution in [3.05, 3.63) is 86.7 Å². The molecule has 8 heteroatoms. The molecular formula is C18H14N4O4. The zero-order chi connectivity index (χ0) is 18.7. The number of rotatable bonds is 4. The van der Waals surface area contributed by atoms with Gasteiger partial charge in [0.25, 0.3) is 17.2 Å². The third-order valence-corrected chi connectivity index (χ3v) is 3.72. The van der Waals surface area contributed by atoms with E-state index in [4.69, 9.17) is 0 Å². The van der Waals surface area contributed by atoms with E-state index in [1.807, 2.05) is 0 Å². The molecule has 0 atom stereocenters. The van der Waals surface area contributed by atoms with Crippen molar-refractivity contribution in [3.8, 4) is 11.3 Å². The smallest absolute Gasteiger partial charge is 0.270 e. The predicted octanol–water partition coefficient (Wildman–Crippen LogP) is 2.61. The van der Waals surface area contributed by atoms with Crippen LogP contribution in [-0.4, -0.2) is 20.6 Å². The van der Waals surface area contributed by atoms with Gasteiger partial charge in [0.2, 0.25) is 0 Å². The lowest BCUT2D eigenvalue weighted by Crippen LogP contribution is -2.18. The van der Waals surface area contributed by atoms with Gasteiger partial charge in [-0.3, -0.25) is 19.7 Å². The number of hydrogen-bond acceptors (Lipinski definition) is 5. The molecule has 2 aromatic carbocycles. The number of aryl methyl sites for hydroxylation is 1. The average molecular weight is 350 g/mol. The maximum absolute atomic E-state index is 12.2. The van der Waals surface area contributed by atoms with Crippen LogP contribution in [0, 0.1) is 10.1 Å². The van der Waals surface area contributed by atoms with Crippen molar-refractivity contribution in [2.24, 2.45) is 7.05 Å². The van der Waals surface area contributed by atoms with Gasteiger partial charge in [0.05, 0.1) is 10.6 Å². The second-order valence-corrected chi connectivity index (χ2v) is 5.52. The first kappa shape index (κ1) is 17.0. The molecule has 0 aliphatic heterocycles. The van der Waals surface area contributed by atoms with Crippen molar-refractivity contribution < 1.29 is 9.72 Å². The maximum atomic E-state index is 12.2. The Bertz CT molecular complexity index is 1040. The number of nitrogens with zero attached hydrogens (tertiary/aromatic N) is 3. The van der Waals surface area contributed by atoms with E-state index in [-0.39, 0.29) is 16.8 Å². The van der Waals surface area contributed by atoms with Crippen LogP contribution in [0.1, 0.15) is 10.4 Å². The molecule has 0 unspecified atom stereocenters. The van der Waals surface area contributed by atoms with Gasteiger partial charge in [-0.25, -0.2) is 4.68 Å². The van der Waals surface area contributed by atoms with E-state index in [2.05, 4.69) is 10.4 Å². The maximum Gasteiger partial charge on any atom is 0.270 e. The van der Waals surface area contributed by atoms with E-state index in [0.717, 1.165) is 5.56 Å². The minimum absolute atomic E-state index is 0.145. The normalized spacial score (nSPS) is 10.3. The van der Waals surface area contributed by atoms with Crippen molar-refractivity contribution in [1.29, 1.82) is 0 Å². The van der Waals surface area contributed by atoms with Crippen LogP contribution in [0.25, 0.3) is 11.3 Å². The van der Waals surface area contributed by atoms with E-state index in [1.165, 1.54) is 35.0 Å². The number of nitro groups is 1. The molecule has 3 rings (SSSR count). The summed E-state index contributed by atoms with van der Waals surface area (Å²) >= 11 is 0. The van der Waals surface area contributed by atoms with Crippen molar-refractivity contribution in [1.82, 2.24) is 9.78 Å². The summed E-state index contributed by atoms with van der Waals surface area (Å²) in [7, 11) is 1.57. The van der Waals surface area contributed by atoms with Gasteiger partial charge in [0, 0.05) is 42.1 Å². The largest absolute Gasteiger partial charge is 0.322 e. The molecule has 1 aromatic heterocycles. The van der Waals surface area contributed by atoms with E-state index in [0.29, 0.717) is 11.4 Å². The molecule has 26 heavy (non-hydrogen) atoms. The Morgan fingerprint density at radius 3 is 2.50 bits per heavy atom. The Morgan fingerprint density at radius 2 is 1.85 bits per heavy atom. The van der Waals surface area contributed by atoms with Gasteiger partial charge in [0.15, 0.2) is 0 Å². The number of aromatic nitrogens is 2. The molecule has 0 aliphatic rings. The Morgan fingerprint density at radius 1 is 1.12 bits per heavy atom. The SMILES string of the molecule is Cn1nc(-c2ccc(NC(=O)c3cccc([N+](=O)[O-])c3)cc2)ccc1=O. The number of carbonyl (C=O) groups is 1. The van der Waals surface area contributed by atoms with Gasteiger partial charge in [0.1, 0.15) is 0 Å². The summed E-state index contributed by atoms with van der Waals surface area (Å²) in [6.07, 6.45) is 0. The monoisotopic (exact) mass is 350 g/mol. The molecule has 0 fully saturated rings. The predicted molar refractivity (Wildman–Crippen MR) is 96.0 cm³/mol. The summed E-state index contributed by atoms with van der Waals surface area (Å²) in [6.45, 7) is 0. The standard InChI is InChI=1S/C18H14N4O4/c1-21-17(23)10-9-16(20-21)12-5-7-14(8-6-12)19-18(24)13-3-2-4-15(11-13)22(25)26/h2-11H,1H3,(H,19,24). The highest BCUT2D eigenvalue weighted by Crippen LogP contribution is 2.20. The van der Waals surface area contributed by atoms with Crippen LogP contribution in [-0.2, 0) is 7.05 Å². The van der Waals surface area contributed by atoms with Crippen molar-refractivity contribution >= 4 is 17.3 Å². The van der Waals surface area contributed by atoms with E-state index in [1.54, 1.807) is 37.4 Å². The molecule has 3 aromatic rings. The number of non-ortho nitro benzene ring substituents is 1. The van der Waals surface area contributed by atoms with Crippen LogP contribution in [0.4, 0.5) is 11.4 Å². The lowest BCUT2D eigenvalue weighted by molar-refractivity contribution is -0.384. The lowest BCUT2D eigenvalue weighted by atomic mass is 10.1. The summed E-state index contributed by atoms with van der Waals surface area (Å²) in [5.41, 5.74) is 1.80. The molecule has 8 nitrogen and oxygen atoms in total. The highest BCUT2D eigenvalue weighted by Gasteiger charge is 2.12. The fraction of sp³-hybridized carbons (Fsp3) is 0.0556. The highest BCUT2D eigenvalue weighted by molar-refractivity contribution is 6.04. The number of carbonyl (C=O) groups excluding carboxylic acids is 1. The molecule has 1 amide bonds. The molecule has 0 bridgehead atoms. The number of benzene rings is 2. The molecule has 1 N–H and O–H groups in total. The molecule has 130 valence electrons. The van der Waals surface area contributed by atoms with Crippen LogP contribution < -0.4 is 10.9 Å². The second-order valence-electron chi connectivity index (χ2n) is 5.52. The van der Waals surface area contributed by atoms with Crippen LogP contribution in [0.15, 0.2) is 65.5 Å². The van der Waals surface area contributed by atoms with Crippen LogP contribution in [0.5, 0.6) is 0 Å². The minimum atomic E-state index is -0.550. The summed E-state index contributed by atoms with van der Waals surface area (Å²) in [5, 5.41) is 17.6. The third-order valence-electron chi connectivity index (χ3n) is 3.72. The summed E-state index contributed by atoms with van der Waals surface area (Å²) in [6, 6.07) is 15.5. The van der Waals surface area contributed by atoms with Crippen LogP contribution >= 0.6 is 0 Å². The van der Waals surface area contributed by atoms with Gasteiger partial charge in [-0.2, -0.15) is 5.10 Å². The first-order chi connectivity index (χ1) is 12.4. The van der Waals surface area contributed by atoms with E-state index < -0.39 is 10.8 Å². The molecule has 1 heterocycles. The Kier molecular flexibility index (Phi) is 4.57. The number of anilines is 1. The second kappa shape index (κ2) is 6.98. The number of amides is 1. The summed E-state index contributed by atoms with van der Waals surface area (Å²) in [5.74, 6) is -0.443. The van der Waals surface area contributed by atoms with Crippen molar-refractivity contribution in [2.45, 2.75) is 0 Å². The van der Waals surface area contributed by atoms with Gasteiger partial charge in [-0.05, 0) is 24.3 Å². The molecule has 0 saturated carbocycles. The fourth-order valence-corrected chi connectivity index (χ4v) is 2.34. The highest BCUT2D eigenvalue weighted by atomic mass is 16.6. The summed E-state index contributed by atoms with van der Waals surface area (Å²) in [4.78, 5) is 33.9. The lowest BCUT2D eigenvalue weighted by Gasteiger charge is -2.07. The fourth-order valence-electron chi connectivity index (χ4n) is 2.34. The van der Waals surface area contributed by atoms with Crippen LogP contribution in [0.3, 0.4) is 0 Å². The molecule has 0 saturated heterocycles. The zero-order valence-corrected chi connectivity index (χ0v) is 13.7.